The van der Waals surface area contributed by atoms with Gasteiger partial charge in [0.1, 0.15) is 18.0 Å². The Balaban J connectivity index is 3.03. The quantitative estimate of drug-likeness (QED) is 0.584. The van der Waals surface area contributed by atoms with Crippen molar-refractivity contribution in [2.45, 2.75) is 46.1 Å². The van der Waals surface area contributed by atoms with Gasteiger partial charge < -0.3 is 10.3 Å². The van der Waals surface area contributed by atoms with Crippen LogP contribution >= 0.6 is 0 Å². The highest BCUT2D eigenvalue weighted by atomic mass is 15.3. The molecule has 0 amide bonds. The first-order valence-electron chi connectivity index (χ1n) is 6.18. The molecule has 1 aromatic rings. The maximum absolute atomic E-state index is 5.47. The van der Waals surface area contributed by atoms with E-state index in [4.69, 9.17) is 5.84 Å². The third kappa shape index (κ3) is 3.06. The molecular weight excluding hydrogens is 214 g/mol. The van der Waals surface area contributed by atoms with Crippen LogP contribution in [-0.2, 0) is 6.42 Å². The number of nitrogens with two attached hydrogens (primary N) is 1. The Morgan fingerprint density at radius 1 is 1.41 bits per heavy atom. The minimum Gasteiger partial charge on any atom is -0.357 e. The van der Waals surface area contributed by atoms with Gasteiger partial charge in [-0.15, -0.1) is 0 Å². The fraction of sp³-hybridized carbons (Fsp3) is 0.667. The summed E-state index contributed by atoms with van der Waals surface area (Å²) in [7, 11) is 2.07. The highest BCUT2D eigenvalue weighted by molar-refractivity contribution is 5.58. The molecule has 0 saturated carbocycles. The largest absolute Gasteiger partial charge is 0.357 e. The van der Waals surface area contributed by atoms with Gasteiger partial charge >= 0.3 is 0 Å². The number of hydrogen-bond acceptors (Lipinski definition) is 5. The first kappa shape index (κ1) is 13.7. The monoisotopic (exact) mass is 237 g/mol. The molecule has 5 nitrogen and oxygen atoms in total. The maximum atomic E-state index is 5.47. The molecule has 1 unspecified atom stereocenters. The molecule has 0 fully saturated rings. The highest BCUT2D eigenvalue weighted by Crippen LogP contribution is 2.24. The predicted octanol–water partition coefficient (Wildman–Crippen LogP) is 1.95. The number of aromatic nitrogens is 2. The molecule has 0 radical (unpaired) electrons. The Hall–Kier alpha value is -1.36. The van der Waals surface area contributed by atoms with Crippen molar-refractivity contribution in [1.82, 2.24) is 9.97 Å². The van der Waals surface area contributed by atoms with Crippen LogP contribution in [0.1, 0.15) is 39.2 Å². The Labute approximate surface area is 103 Å². The summed E-state index contributed by atoms with van der Waals surface area (Å²) in [5.74, 6) is 7.16. The van der Waals surface area contributed by atoms with Crippen LogP contribution in [0.5, 0.6) is 0 Å². The van der Waals surface area contributed by atoms with Crippen molar-refractivity contribution in [3.63, 3.8) is 0 Å². The average Bonchev–Trinajstić information content (AvgIpc) is 2.36. The average molecular weight is 237 g/mol. The molecule has 1 rings (SSSR count). The second-order valence-corrected chi connectivity index (χ2v) is 4.27. The van der Waals surface area contributed by atoms with Crippen molar-refractivity contribution < 1.29 is 0 Å². The Morgan fingerprint density at radius 2 is 2.12 bits per heavy atom. The van der Waals surface area contributed by atoms with Gasteiger partial charge in [0.25, 0.3) is 0 Å². The highest BCUT2D eigenvalue weighted by Gasteiger charge is 2.16. The summed E-state index contributed by atoms with van der Waals surface area (Å²) in [6.45, 7) is 6.49. The van der Waals surface area contributed by atoms with Crippen molar-refractivity contribution in [2.75, 3.05) is 17.4 Å². The smallest absolute Gasteiger partial charge is 0.148 e. The lowest BCUT2D eigenvalue weighted by molar-refractivity contribution is 0.608. The number of nitrogens with one attached hydrogen (secondary N) is 1. The number of hydrazine groups is 1. The molecule has 1 atom stereocenters. The minimum atomic E-state index is 0.464. The summed E-state index contributed by atoms with van der Waals surface area (Å²) in [6.07, 6.45) is 4.73. The zero-order valence-corrected chi connectivity index (χ0v) is 11.2. The SMILES string of the molecule is CCCC(C)N(C)c1ncnc(NN)c1CC. The summed E-state index contributed by atoms with van der Waals surface area (Å²) >= 11 is 0. The van der Waals surface area contributed by atoms with Crippen LogP contribution < -0.4 is 16.2 Å². The fourth-order valence-corrected chi connectivity index (χ4v) is 1.98. The number of nitrogens with zero attached hydrogens (tertiary/aromatic N) is 3. The van der Waals surface area contributed by atoms with Crippen LogP contribution in [0.2, 0.25) is 0 Å². The number of rotatable bonds is 6. The molecule has 1 heterocycles. The molecule has 0 saturated heterocycles. The summed E-state index contributed by atoms with van der Waals surface area (Å²) in [5.41, 5.74) is 3.70. The van der Waals surface area contributed by atoms with E-state index in [-0.39, 0.29) is 0 Å². The molecule has 3 N–H and O–H groups in total. The first-order chi connectivity index (χ1) is 8.15. The minimum absolute atomic E-state index is 0.464. The molecule has 96 valence electrons. The van der Waals surface area contributed by atoms with Crippen LogP contribution in [0, 0.1) is 0 Å². The first-order valence-corrected chi connectivity index (χ1v) is 6.18. The van der Waals surface area contributed by atoms with Crippen LogP contribution in [-0.4, -0.2) is 23.1 Å². The standard InChI is InChI=1S/C12H23N5/c1-5-7-9(3)17(4)12-10(6-2)11(16-13)14-8-15-12/h8-9H,5-7,13H2,1-4H3,(H,14,15,16). The molecular formula is C12H23N5. The van der Waals surface area contributed by atoms with Gasteiger partial charge in [-0.2, -0.15) is 0 Å². The normalized spacial score (nSPS) is 12.3. The van der Waals surface area contributed by atoms with Gasteiger partial charge in [0.05, 0.1) is 0 Å². The van der Waals surface area contributed by atoms with Crippen LogP contribution in [0.4, 0.5) is 11.6 Å². The van der Waals surface area contributed by atoms with E-state index in [1.807, 2.05) is 0 Å². The van der Waals surface area contributed by atoms with E-state index in [2.05, 4.69) is 48.1 Å². The third-order valence-electron chi connectivity index (χ3n) is 3.11. The number of anilines is 2. The van der Waals surface area contributed by atoms with E-state index in [9.17, 15) is 0 Å². The van der Waals surface area contributed by atoms with E-state index >= 15 is 0 Å². The van der Waals surface area contributed by atoms with Gasteiger partial charge in [-0.3, -0.25) is 0 Å². The molecule has 0 bridgehead atoms. The van der Waals surface area contributed by atoms with E-state index in [1.165, 1.54) is 6.42 Å². The Morgan fingerprint density at radius 3 is 2.65 bits per heavy atom. The summed E-state index contributed by atoms with van der Waals surface area (Å²) in [5, 5.41) is 0. The number of hydrogen-bond donors (Lipinski definition) is 2. The van der Waals surface area contributed by atoms with Gasteiger partial charge in [-0.05, 0) is 19.8 Å². The molecule has 1 aromatic heterocycles. The van der Waals surface area contributed by atoms with Gasteiger partial charge in [-0.25, -0.2) is 15.8 Å². The van der Waals surface area contributed by atoms with Crippen molar-refractivity contribution in [3.8, 4) is 0 Å². The summed E-state index contributed by atoms with van der Waals surface area (Å²) in [6, 6.07) is 0.464. The lowest BCUT2D eigenvalue weighted by Crippen LogP contribution is -2.31. The van der Waals surface area contributed by atoms with E-state index in [1.54, 1.807) is 6.33 Å². The van der Waals surface area contributed by atoms with Gasteiger partial charge in [-0.1, -0.05) is 20.3 Å². The van der Waals surface area contributed by atoms with Gasteiger partial charge in [0, 0.05) is 18.7 Å². The zero-order valence-electron chi connectivity index (χ0n) is 11.2. The summed E-state index contributed by atoms with van der Waals surface area (Å²) in [4.78, 5) is 10.7. The molecule has 0 aliphatic carbocycles. The molecule has 0 aromatic carbocycles. The zero-order chi connectivity index (χ0) is 12.8. The lowest BCUT2D eigenvalue weighted by atomic mass is 10.1. The fourth-order valence-electron chi connectivity index (χ4n) is 1.98. The van der Waals surface area contributed by atoms with Crippen molar-refractivity contribution in [1.29, 1.82) is 0 Å². The van der Waals surface area contributed by atoms with Gasteiger partial charge in [0.2, 0.25) is 0 Å². The van der Waals surface area contributed by atoms with Crippen molar-refractivity contribution >= 4 is 11.6 Å². The van der Waals surface area contributed by atoms with Crippen molar-refractivity contribution in [3.05, 3.63) is 11.9 Å². The van der Waals surface area contributed by atoms with E-state index in [0.717, 1.165) is 24.2 Å². The third-order valence-corrected chi connectivity index (χ3v) is 3.11. The van der Waals surface area contributed by atoms with Crippen LogP contribution in [0.25, 0.3) is 0 Å². The second kappa shape index (κ2) is 6.39. The van der Waals surface area contributed by atoms with E-state index < -0.39 is 0 Å². The predicted molar refractivity (Wildman–Crippen MR) is 72.0 cm³/mol. The second-order valence-electron chi connectivity index (χ2n) is 4.27. The summed E-state index contributed by atoms with van der Waals surface area (Å²) < 4.78 is 0. The topological polar surface area (TPSA) is 67.1 Å². The molecule has 0 aliphatic heterocycles. The van der Waals surface area contributed by atoms with E-state index in [0.29, 0.717) is 11.9 Å². The maximum Gasteiger partial charge on any atom is 0.148 e. The number of nitrogen functional groups attached to an aromatic ring is 1. The lowest BCUT2D eigenvalue weighted by Gasteiger charge is -2.27. The van der Waals surface area contributed by atoms with Crippen LogP contribution in [0.15, 0.2) is 6.33 Å². The molecule has 5 heteroatoms. The molecule has 17 heavy (non-hydrogen) atoms. The van der Waals surface area contributed by atoms with Crippen LogP contribution in [0.3, 0.4) is 0 Å². The van der Waals surface area contributed by atoms with Gasteiger partial charge in [0.15, 0.2) is 0 Å². The molecule has 0 spiro atoms. The molecule has 0 aliphatic rings. The van der Waals surface area contributed by atoms with Crippen molar-refractivity contribution in [2.24, 2.45) is 5.84 Å². The Bertz CT molecular complexity index is 353. The Kier molecular flexibility index (Phi) is 5.15.